The number of ether oxygens (including phenoxy) is 1. The number of carbonyl (C=O) groups excluding carboxylic acids is 1. The molecule has 1 aliphatic carbocycles. The van der Waals surface area contributed by atoms with E-state index in [4.69, 9.17) is 4.74 Å². The number of nitrogens with one attached hydrogen (secondary N) is 1. The number of morpholine rings is 1. The van der Waals surface area contributed by atoms with E-state index in [1.54, 1.807) is 0 Å². The maximum Gasteiger partial charge on any atom is 0.225 e. The maximum absolute atomic E-state index is 11.8. The Morgan fingerprint density at radius 1 is 1.38 bits per heavy atom. The van der Waals surface area contributed by atoms with Crippen LogP contribution in [0.3, 0.4) is 0 Å². The fraction of sp³-hybridized carbons (Fsp3) is 0.667. The van der Waals surface area contributed by atoms with Gasteiger partial charge in [-0.1, -0.05) is 0 Å². The highest BCUT2D eigenvalue weighted by atomic mass is 16.5. The van der Waals surface area contributed by atoms with Gasteiger partial charge in [0.2, 0.25) is 11.9 Å². The molecule has 0 spiro atoms. The number of carbonyl (C=O) groups is 1. The molecule has 1 amide bonds. The van der Waals surface area contributed by atoms with Gasteiger partial charge in [0.05, 0.1) is 25.5 Å². The standard InChI is InChI=1S/C15H22N4O2/c1-11-8-13(10-16-14(20)9-12-2-3-12)18-15(17-11)19-4-6-21-7-5-19/h8,12H,2-7,9-10H2,1H3,(H,16,20). The monoisotopic (exact) mass is 290 g/mol. The molecule has 6 heteroatoms. The Bertz CT molecular complexity index is 510. The van der Waals surface area contributed by atoms with Crippen LogP contribution in [-0.4, -0.2) is 42.2 Å². The molecular formula is C15H22N4O2. The van der Waals surface area contributed by atoms with E-state index < -0.39 is 0 Å². The van der Waals surface area contributed by atoms with E-state index in [0.29, 0.717) is 32.1 Å². The fourth-order valence-electron chi connectivity index (χ4n) is 2.46. The molecule has 1 saturated heterocycles. The first-order valence-corrected chi connectivity index (χ1v) is 7.64. The smallest absolute Gasteiger partial charge is 0.225 e. The second-order valence-corrected chi connectivity index (χ2v) is 5.82. The van der Waals surface area contributed by atoms with Crippen LogP contribution in [0.1, 0.15) is 30.7 Å². The van der Waals surface area contributed by atoms with Crippen molar-refractivity contribution in [3.8, 4) is 0 Å². The Morgan fingerprint density at radius 2 is 2.14 bits per heavy atom. The quantitative estimate of drug-likeness (QED) is 0.877. The van der Waals surface area contributed by atoms with Crippen molar-refractivity contribution in [3.63, 3.8) is 0 Å². The minimum Gasteiger partial charge on any atom is -0.378 e. The van der Waals surface area contributed by atoms with Gasteiger partial charge in [0.1, 0.15) is 0 Å². The van der Waals surface area contributed by atoms with Crippen LogP contribution in [0.5, 0.6) is 0 Å². The number of rotatable bonds is 5. The van der Waals surface area contributed by atoms with E-state index >= 15 is 0 Å². The molecule has 1 aromatic rings. The molecule has 0 bridgehead atoms. The largest absolute Gasteiger partial charge is 0.378 e. The summed E-state index contributed by atoms with van der Waals surface area (Å²) in [6, 6.07) is 1.93. The van der Waals surface area contributed by atoms with Gasteiger partial charge in [-0.3, -0.25) is 4.79 Å². The Balaban J connectivity index is 1.61. The first-order valence-electron chi connectivity index (χ1n) is 7.64. The zero-order valence-electron chi connectivity index (χ0n) is 12.5. The summed E-state index contributed by atoms with van der Waals surface area (Å²) in [6.45, 7) is 5.50. The predicted octanol–water partition coefficient (Wildman–Crippen LogP) is 1.04. The second kappa shape index (κ2) is 6.39. The van der Waals surface area contributed by atoms with E-state index in [9.17, 15) is 4.79 Å². The van der Waals surface area contributed by atoms with Gasteiger partial charge in [0.25, 0.3) is 0 Å². The minimum atomic E-state index is 0.127. The summed E-state index contributed by atoms with van der Waals surface area (Å²) in [4.78, 5) is 22.9. The van der Waals surface area contributed by atoms with Crippen LogP contribution < -0.4 is 10.2 Å². The van der Waals surface area contributed by atoms with Crippen molar-refractivity contribution >= 4 is 11.9 Å². The Morgan fingerprint density at radius 3 is 2.86 bits per heavy atom. The maximum atomic E-state index is 11.8. The Kier molecular flexibility index (Phi) is 4.34. The van der Waals surface area contributed by atoms with Crippen molar-refractivity contribution in [2.45, 2.75) is 32.7 Å². The van der Waals surface area contributed by atoms with Crippen molar-refractivity contribution in [2.24, 2.45) is 5.92 Å². The summed E-state index contributed by atoms with van der Waals surface area (Å²) < 4.78 is 5.35. The fourth-order valence-corrected chi connectivity index (χ4v) is 2.46. The number of aromatic nitrogens is 2. The molecule has 3 rings (SSSR count). The number of nitrogens with zero attached hydrogens (tertiary/aromatic N) is 3. The molecule has 2 aliphatic rings. The van der Waals surface area contributed by atoms with Crippen molar-refractivity contribution in [3.05, 3.63) is 17.5 Å². The Hall–Kier alpha value is -1.69. The first kappa shape index (κ1) is 14.3. The van der Waals surface area contributed by atoms with Crippen molar-refractivity contribution in [1.82, 2.24) is 15.3 Å². The second-order valence-electron chi connectivity index (χ2n) is 5.82. The van der Waals surface area contributed by atoms with Gasteiger partial charge < -0.3 is 15.0 Å². The highest BCUT2D eigenvalue weighted by Gasteiger charge is 2.24. The molecule has 0 radical (unpaired) electrons. The minimum absolute atomic E-state index is 0.127. The molecule has 2 fully saturated rings. The lowest BCUT2D eigenvalue weighted by atomic mass is 10.2. The molecule has 6 nitrogen and oxygen atoms in total. The van der Waals surface area contributed by atoms with Crippen LogP contribution in [-0.2, 0) is 16.1 Å². The molecule has 0 atom stereocenters. The number of amides is 1. The van der Waals surface area contributed by atoms with Crippen LogP contribution in [0, 0.1) is 12.8 Å². The summed E-state index contributed by atoms with van der Waals surface area (Å²) in [5.41, 5.74) is 1.80. The summed E-state index contributed by atoms with van der Waals surface area (Å²) in [6.07, 6.45) is 3.04. The lowest BCUT2D eigenvalue weighted by molar-refractivity contribution is -0.121. The number of anilines is 1. The van der Waals surface area contributed by atoms with E-state index in [0.717, 1.165) is 30.4 Å². The Labute approximate surface area is 124 Å². The number of hydrogen-bond acceptors (Lipinski definition) is 5. The van der Waals surface area contributed by atoms with Gasteiger partial charge in [-0.05, 0) is 31.7 Å². The zero-order valence-corrected chi connectivity index (χ0v) is 12.5. The van der Waals surface area contributed by atoms with Crippen LogP contribution in [0.15, 0.2) is 6.07 Å². The predicted molar refractivity (Wildman–Crippen MR) is 79.0 cm³/mol. The molecule has 0 unspecified atom stereocenters. The molecule has 114 valence electrons. The van der Waals surface area contributed by atoms with Gasteiger partial charge >= 0.3 is 0 Å². The van der Waals surface area contributed by atoms with E-state index in [-0.39, 0.29) is 5.91 Å². The number of hydrogen-bond donors (Lipinski definition) is 1. The van der Waals surface area contributed by atoms with Gasteiger partial charge in [-0.25, -0.2) is 9.97 Å². The highest BCUT2D eigenvalue weighted by molar-refractivity contribution is 5.76. The summed E-state index contributed by atoms with van der Waals surface area (Å²) in [7, 11) is 0. The molecule has 1 saturated carbocycles. The molecular weight excluding hydrogens is 268 g/mol. The number of aryl methyl sites for hydroxylation is 1. The third-order valence-electron chi connectivity index (χ3n) is 3.83. The average Bonchev–Trinajstić information content (AvgIpc) is 3.29. The lowest BCUT2D eigenvalue weighted by Crippen LogP contribution is -2.37. The van der Waals surface area contributed by atoms with E-state index in [1.165, 1.54) is 12.8 Å². The van der Waals surface area contributed by atoms with Crippen molar-refractivity contribution < 1.29 is 9.53 Å². The first-order chi connectivity index (χ1) is 10.2. The van der Waals surface area contributed by atoms with Gasteiger partial charge in [0, 0.05) is 25.2 Å². The van der Waals surface area contributed by atoms with Gasteiger partial charge in [-0.2, -0.15) is 0 Å². The lowest BCUT2D eigenvalue weighted by Gasteiger charge is -2.27. The summed E-state index contributed by atoms with van der Waals surface area (Å²) >= 11 is 0. The summed E-state index contributed by atoms with van der Waals surface area (Å²) in [5, 5.41) is 2.96. The molecule has 1 aliphatic heterocycles. The third kappa shape index (κ3) is 4.14. The van der Waals surface area contributed by atoms with Crippen molar-refractivity contribution in [1.29, 1.82) is 0 Å². The topological polar surface area (TPSA) is 67.4 Å². The zero-order chi connectivity index (χ0) is 14.7. The average molecular weight is 290 g/mol. The summed E-state index contributed by atoms with van der Waals surface area (Å²) in [5.74, 6) is 1.48. The molecule has 1 aromatic heterocycles. The van der Waals surface area contributed by atoms with E-state index in [1.807, 2.05) is 13.0 Å². The third-order valence-corrected chi connectivity index (χ3v) is 3.83. The van der Waals surface area contributed by atoms with Crippen LogP contribution >= 0.6 is 0 Å². The normalized spacial score (nSPS) is 18.6. The molecule has 2 heterocycles. The van der Waals surface area contributed by atoms with Crippen molar-refractivity contribution in [2.75, 3.05) is 31.2 Å². The highest BCUT2D eigenvalue weighted by Crippen LogP contribution is 2.32. The molecule has 0 aromatic carbocycles. The molecule has 21 heavy (non-hydrogen) atoms. The van der Waals surface area contributed by atoms with Crippen LogP contribution in [0.4, 0.5) is 5.95 Å². The van der Waals surface area contributed by atoms with Gasteiger partial charge in [-0.15, -0.1) is 0 Å². The van der Waals surface area contributed by atoms with Gasteiger partial charge in [0.15, 0.2) is 0 Å². The van der Waals surface area contributed by atoms with E-state index in [2.05, 4.69) is 20.2 Å². The van der Waals surface area contributed by atoms with Crippen LogP contribution in [0.25, 0.3) is 0 Å². The SMILES string of the molecule is Cc1cc(CNC(=O)CC2CC2)nc(N2CCOCC2)n1. The van der Waals surface area contributed by atoms with Crippen LogP contribution in [0.2, 0.25) is 0 Å². The molecule has 1 N–H and O–H groups in total.